The summed E-state index contributed by atoms with van der Waals surface area (Å²) in [5, 5.41) is 13.4. The Bertz CT molecular complexity index is 1290. The van der Waals surface area contributed by atoms with Gasteiger partial charge in [-0.15, -0.1) is 0 Å². The van der Waals surface area contributed by atoms with Gasteiger partial charge >= 0.3 is 6.18 Å². The molecule has 4 rings (SSSR count). The highest BCUT2D eigenvalue weighted by atomic mass is 35.5. The second-order valence-electron chi connectivity index (χ2n) is 7.37. The monoisotopic (exact) mass is 485 g/mol. The van der Waals surface area contributed by atoms with Crippen LogP contribution in [0.2, 0.25) is 5.02 Å². The first kappa shape index (κ1) is 23.5. The van der Waals surface area contributed by atoms with Crippen molar-refractivity contribution < 1.29 is 23.1 Å². The average Bonchev–Trinajstić information content (AvgIpc) is 3.29. The number of benzene rings is 3. The second kappa shape index (κ2) is 9.70. The summed E-state index contributed by atoms with van der Waals surface area (Å²) in [6.07, 6.45) is -4.64. The van der Waals surface area contributed by atoms with E-state index in [1.807, 2.05) is 6.07 Å². The van der Waals surface area contributed by atoms with E-state index < -0.39 is 11.9 Å². The predicted octanol–water partition coefficient (Wildman–Crippen LogP) is 5.85. The lowest BCUT2D eigenvalue weighted by Crippen LogP contribution is -2.33. The van der Waals surface area contributed by atoms with Crippen LogP contribution >= 0.6 is 11.6 Å². The molecule has 5 nitrogen and oxygen atoms in total. The lowest BCUT2D eigenvalue weighted by atomic mass is 10.1. The lowest BCUT2D eigenvalue weighted by molar-refractivity contribution is -0.141. The van der Waals surface area contributed by atoms with Crippen LogP contribution in [0.3, 0.4) is 0 Å². The molecule has 0 aliphatic rings. The van der Waals surface area contributed by atoms with Crippen LogP contribution in [0.1, 0.15) is 16.1 Å². The zero-order valence-electron chi connectivity index (χ0n) is 17.7. The van der Waals surface area contributed by atoms with Crippen molar-refractivity contribution in [2.45, 2.75) is 6.18 Å². The molecule has 0 saturated carbocycles. The van der Waals surface area contributed by atoms with Gasteiger partial charge in [-0.25, -0.2) is 4.68 Å². The maximum absolute atomic E-state index is 13.4. The Labute approximate surface area is 198 Å². The molecular weight excluding hydrogens is 467 g/mol. The van der Waals surface area contributed by atoms with Crippen LogP contribution in [0.4, 0.5) is 18.9 Å². The topological polar surface area (TPSA) is 58.4 Å². The number of aliphatic hydroxyl groups is 1. The van der Waals surface area contributed by atoms with Crippen molar-refractivity contribution in [3.05, 3.63) is 101 Å². The number of anilines is 1. The Morgan fingerprint density at radius 1 is 0.971 bits per heavy atom. The number of rotatable bonds is 6. The molecule has 9 heteroatoms. The van der Waals surface area contributed by atoms with Crippen LogP contribution in [-0.2, 0) is 6.18 Å². The fraction of sp³-hybridized carbons (Fsp3) is 0.120. The SMILES string of the molecule is O=C(c1ccc(-c2cc(C(F)(F)F)nn2-c2ccccc2Cl)cc1)N(CCO)c1ccccc1. The fourth-order valence-electron chi connectivity index (χ4n) is 3.53. The Morgan fingerprint density at radius 3 is 2.24 bits per heavy atom. The van der Waals surface area contributed by atoms with E-state index in [2.05, 4.69) is 5.10 Å². The largest absolute Gasteiger partial charge is 0.435 e. The molecule has 1 heterocycles. The molecule has 4 aromatic rings. The van der Waals surface area contributed by atoms with Crippen molar-refractivity contribution in [1.29, 1.82) is 0 Å². The van der Waals surface area contributed by atoms with Gasteiger partial charge in [0.2, 0.25) is 0 Å². The molecular formula is C25H19ClF3N3O2. The maximum atomic E-state index is 13.4. The van der Waals surface area contributed by atoms with Crippen molar-refractivity contribution in [2.75, 3.05) is 18.1 Å². The molecule has 0 fully saturated rings. The number of hydrogen-bond donors (Lipinski definition) is 1. The van der Waals surface area contributed by atoms with Crippen molar-refractivity contribution in [1.82, 2.24) is 9.78 Å². The van der Waals surface area contributed by atoms with Crippen LogP contribution in [0.5, 0.6) is 0 Å². The van der Waals surface area contributed by atoms with E-state index in [0.717, 1.165) is 10.7 Å². The van der Waals surface area contributed by atoms with Crippen LogP contribution < -0.4 is 4.90 Å². The van der Waals surface area contributed by atoms with Gasteiger partial charge in [-0.3, -0.25) is 4.79 Å². The molecule has 1 N–H and O–H groups in total. The van der Waals surface area contributed by atoms with E-state index in [1.165, 1.54) is 17.0 Å². The highest BCUT2D eigenvalue weighted by molar-refractivity contribution is 6.32. The summed E-state index contributed by atoms with van der Waals surface area (Å²) in [6.45, 7) is -0.130. The van der Waals surface area contributed by atoms with Crippen LogP contribution in [0, 0.1) is 0 Å². The third-order valence-electron chi connectivity index (χ3n) is 5.14. The molecule has 0 radical (unpaired) electrons. The van der Waals surface area contributed by atoms with Gasteiger partial charge in [0.25, 0.3) is 5.91 Å². The molecule has 0 aliphatic heterocycles. The average molecular weight is 486 g/mol. The molecule has 1 aromatic heterocycles. The molecule has 0 spiro atoms. The van der Waals surface area contributed by atoms with Gasteiger partial charge in [0, 0.05) is 23.4 Å². The molecule has 34 heavy (non-hydrogen) atoms. The second-order valence-corrected chi connectivity index (χ2v) is 7.78. The Kier molecular flexibility index (Phi) is 6.72. The van der Waals surface area contributed by atoms with Gasteiger partial charge in [0.1, 0.15) is 0 Å². The highest BCUT2D eigenvalue weighted by Gasteiger charge is 2.35. The van der Waals surface area contributed by atoms with Gasteiger partial charge < -0.3 is 10.0 Å². The van der Waals surface area contributed by atoms with E-state index >= 15 is 0 Å². The zero-order valence-corrected chi connectivity index (χ0v) is 18.5. The van der Waals surface area contributed by atoms with Gasteiger partial charge in [0.05, 0.1) is 23.0 Å². The van der Waals surface area contributed by atoms with Gasteiger partial charge in [-0.05, 0) is 42.5 Å². The van der Waals surface area contributed by atoms with E-state index in [9.17, 15) is 23.1 Å². The van der Waals surface area contributed by atoms with E-state index in [0.29, 0.717) is 22.5 Å². The number of amides is 1. The van der Waals surface area contributed by atoms with Crippen LogP contribution in [0.25, 0.3) is 16.9 Å². The molecule has 174 valence electrons. The van der Waals surface area contributed by atoms with Gasteiger partial charge in [0.15, 0.2) is 5.69 Å². The number of carbonyl (C=O) groups is 1. The van der Waals surface area contributed by atoms with E-state index in [1.54, 1.807) is 60.7 Å². The lowest BCUT2D eigenvalue weighted by Gasteiger charge is -2.22. The van der Waals surface area contributed by atoms with Gasteiger partial charge in [-0.2, -0.15) is 18.3 Å². The molecule has 3 aromatic carbocycles. The van der Waals surface area contributed by atoms with Gasteiger partial charge in [-0.1, -0.05) is 54.1 Å². The molecule has 0 unspecified atom stereocenters. The molecule has 0 bridgehead atoms. The minimum Gasteiger partial charge on any atom is -0.395 e. The summed E-state index contributed by atoms with van der Waals surface area (Å²) in [7, 11) is 0. The summed E-state index contributed by atoms with van der Waals surface area (Å²) in [5.74, 6) is -0.345. The number of halogens is 4. The smallest absolute Gasteiger partial charge is 0.395 e. The highest BCUT2D eigenvalue weighted by Crippen LogP contribution is 2.34. The van der Waals surface area contributed by atoms with Crippen LogP contribution in [0.15, 0.2) is 84.9 Å². The van der Waals surface area contributed by atoms with Crippen molar-refractivity contribution in [3.63, 3.8) is 0 Å². The Balaban J connectivity index is 1.72. The Hall–Kier alpha value is -3.62. The number of aliphatic hydroxyl groups excluding tert-OH is 1. The summed E-state index contributed by atoms with van der Waals surface area (Å²) in [5.41, 5.74) is 0.787. The predicted molar refractivity (Wildman–Crippen MR) is 124 cm³/mol. The summed E-state index contributed by atoms with van der Waals surface area (Å²) in [4.78, 5) is 14.5. The van der Waals surface area contributed by atoms with Crippen molar-refractivity contribution in [2.24, 2.45) is 0 Å². The maximum Gasteiger partial charge on any atom is 0.435 e. The normalized spacial score (nSPS) is 11.4. The Morgan fingerprint density at radius 2 is 1.62 bits per heavy atom. The minimum absolute atomic E-state index is 0.0960. The number of alkyl halides is 3. The molecule has 0 atom stereocenters. The summed E-state index contributed by atoms with van der Waals surface area (Å²) in [6, 6.07) is 22.5. The number of carbonyl (C=O) groups excluding carboxylic acids is 1. The standard InChI is InChI=1S/C25H19ClF3N3O2/c26-20-8-4-5-9-21(20)32-22(16-23(30-32)25(27,28)29)17-10-12-18(13-11-17)24(34)31(14-15-33)19-6-2-1-3-7-19/h1-13,16,33H,14-15H2. The third kappa shape index (κ3) is 4.83. The van der Waals surface area contributed by atoms with Crippen molar-refractivity contribution >= 4 is 23.2 Å². The van der Waals surface area contributed by atoms with Crippen LogP contribution in [-0.4, -0.2) is 33.9 Å². The zero-order chi connectivity index (χ0) is 24.3. The van der Waals surface area contributed by atoms with E-state index in [-0.39, 0.29) is 29.8 Å². The fourth-order valence-corrected chi connectivity index (χ4v) is 3.74. The molecule has 0 saturated heterocycles. The summed E-state index contributed by atoms with van der Waals surface area (Å²) >= 11 is 6.22. The minimum atomic E-state index is -4.64. The first-order valence-electron chi connectivity index (χ1n) is 10.3. The quantitative estimate of drug-likeness (QED) is 0.372. The third-order valence-corrected chi connectivity index (χ3v) is 5.46. The molecule has 0 aliphatic carbocycles. The number of aromatic nitrogens is 2. The van der Waals surface area contributed by atoms with Crippen molar-refractivity contribution in [3.8, 4) is 16.9 Å². The first-order chi connectivity index (χ1) is 16.3. The number of hydrogen-bond acceptors (Lipinski definition) is 3. The first-order valence-corrected chi connectivity index (χ1v) is 10.7. The summed E-state index contributed by atoms with van der Waals surface area (Å²) < 4.78 is 41.4. The molecule has 1 amide bonds. The van der Waals surface area contributed by atoms with E-state index in [4.69, 9.17) is 11.6 Å². The number of nitrogens with zero attached hydrogens (tertiary/aromatic N) is 3. The number of para-hydroxylation sites is 2.